The minimum atomic E-state index is -0.194. The van der Waals surface area contributed by atoms with Crippen molar-refractivity contribution in [3.8, 4) is 11.5 Å². The van der Waals surface area contributed by atoms with Crippen LogP contribution in [0, 0.1) is 0 Å². The van der Waals surface area contributed by atoms with E-state index in [1.54, 1.807) is 12.1 Å². The maximum atomic E-state index is 11.9. The molecule has 0 aliphatic carbocycles. The molecule has 110 valence electrons. The molecule has 2 N–H and O–H groups in total. The predicted octanol–water partition coefficient (Wildman–Crippen LogP) is 2.76. The second-order valence-corrected chi connectivity index (χ2v) is 4.73. The molecule has 0 atom stereocenters. The van der Waals surface area contributed by atoms with Gasteiger partial charge in [0.15, 0.2) is 11.5 Å². The van der Waals surface area contributed by atoms with E-state index in [-0.39, 0.29) is 11.7 Å². The van der Waals surface area contributed by atoms with E-state index in [0.29, 0.717) is 17.9 Å². The average Bonchev–Trinajstić information content (AvgIpc) is 2.52. The van der Waals surface area contributed by atoms with Gasteiger partial charge in [0.2, 0.25) is 0 Å². The first kappa shape index (κ1) is 14.9. The van der Waals surface area contributed by atoms with E-state index in [9.17, 15) is 9.90 Å². The molecule has 0 aromatic heterocycles. The summed E-state index contributed by atoms with van der Waals surface area (Å²) in [5.74, 6) is 0.131. The second-order valence-electron chi connectivity index (χ2n) is 4.73. The number of nitrogens with one attached hydrogen (secondary N) is 1. The minimum Gasteiger partial charge on any atom is -0.504 e. The van der Waals surface area contributed by atoms with Crippen molar-refractivity contribution in [3.63, 3.8) is 0 Å². The summed E-state index contributed by atoms with van der Waals surface area (Å²) in [6.45, 7) is 0.598. The molecular weight excluding hydrogens is 266 g/mol. The number of phenolic OH excluding ortho intramolecular Hbond substituents is 1. The van der Waals surface area contributed by atoms with Crippen LogP contribution in [0.1, 0.15) is 22.3 Å². The summed E-state index contributed by atoms with van der Waals surface area (Å²) in [4.78, 5) is 11.9. The molecular formula is C17H19NO3. The number of hydrogen-bond donors (Lipinski definition) is 2. The van der Waals surface area contributed by atoms with Crippen LogP contribution < -0.4 is 10.1 Å². The number of carbonyl (C=O) groups is 1. The summed E-state index contributed by atoms with van der Waals surface area (Å²) in [5, 5.41) is 12.5. The molecule has 2 rings (SSSR count). The zero-order chi connectivity index (χ0) is 15.1. The van der Waals surface area contributed by atoms with Crippen LogP contribution in [0.2, 0.25) is 0 Å². The number of benzene rings is 2. The van der Waals surface area contributed by atoms with Gasteiger partial charge in [0.25, 0.3) is 5.91 Å². The maximum Gasteiger partial charge on any atom is 0.251 e. The van der Waals surface area contributed by atoms with Crippen molar-refractivity contribution < 1.29 is 14.6 Å². The number of carbonyl (C=O) groups excluding carboxylic acids is 1. The Labute approximate surface area is 124 Å². The lowest BCUT2D eigenvalue weighted by Gasteiger charge is -2.07. The molecule has 0 unspecified atom stereocenters. The van der Waals surface area contributed by atoms with E-state index in [1.165, 1.54) is 18.7 Å². The fourth-order valence-electron chi connectivity index (χ4n) is 2.07. The van der Waals surface area contributed by atoms with Crippen molar-refractivity contribution in [2.24, 2.45) is 0 Å². The van der Waals surface area contributed by atoms with Crippen LogP contribution in [-0.4, -0.2) is 24.7 Å². The number of amides is 1. The van der Waals surface area contributed by atoms with Crippen LogP contribution in [0.5, 0.6) is 11.5 Å². The number of aryl methyl sites for hydroxylation is 1. The van der Waals surface area contributed by atoms with Gasteiger partial charge in [-0.25, -0.2) is 0 Å². The van der Waals surface area contributed by atoms with Crippen LogP contribution in [0.25, 0.3) is 0 Å². The van der Waals surface area contributed by atoms with Crippen molar-refractivity contribution in [2.75, 3.05) is 13.7 Å². The molecule has 4 heteroatoms. The Morgan fingerprint density at radius 1 is 1.19 bits per heavy atom. The molecule has 4 nitrogen and oxygen atoms in total. The molecule has 21 heavy (non-hydrogen) atoms. The van der Waals surface area contributed by atoms with Crippen LogP contribution >= 0.6 is 0 Å². The highest BCUT2D eigenvalue weighted by atomic mass is 16.5. The Bertz CT molecular complexity index is 596. The van der Waals surface area contributed by atoms with Crippen molar-refractivity contribution in [3.05, 3.63) is 59.7 Å². The van der Waals surface area contributed by atoms with Gasteiger partial charge in [-0.3, -0.25) is 4.79 Å². The monoisotopic (exact) mass is 285 g/mol. The fraction of sp³-hybridized carbons (Fsp3) is 0.235. The van der Waals surface area contributed by atoms with E-state index in [2.05, 4.69) is 17.4 Å². The molecule has 2 aromatic carbocycles. The zero-order valence-electron chi connectivity index (χ0n) is 12.0. The van der Waals surface area contributed by atoms with Gasteiger partial charge in [0.1, 0.15) is 0 Å². The zero-order valence-corrected chi connectivity index (χ0v) is 12.0. The molecule has 0 saturated carbocycles. The smallest absolute Gasteiger partial charge is 0.251 e. The summed E-state index contributed by atoms with van der Waals surface area (Å²) >= 11 is 0. The van der Waals surface area contributed by atoms with Gasteiger partial charge in [0.05, 0.1) is 7.11 Å². The number of ether oxygens (including phenoxy) is 1. The third-order valence-corrected chi connectivity index (χ3v) is 3.21. The van der Waals surface area contributed by atoms with Crippen molar-refractivity contribution in [2.45, 2.75) is 12.8 Å². The van der Waals surface area contributed by atoms with Crippen LogP contribution in [0.4, 0.5) is 0 Å². The highest BCUT2D eigenvalue weighted by molar-refractivity contribution is 5.94. The largest absolute Gasteiger partial charge is 0.504 e. The van der Waals surface area contributed by atoms with Crippen LogP contribution in [-0.2, 0) is 6.42 Å². The van der Waals surface area contributed by atoms with Gasteiger partial charge >= 0.3 is 0 Å². The number of rotatable bonds is 6. The van der Waals surface area contributed by atoms with Gasteiger partial charge in [-0.1, -0.05) is 30.3 Å². The van der Waals surface area contributed by atoms with Gasteiger partial charge in [-0.2, -0.15) is 0 Å². The summed E-state index contributed by atoms with van der Waals surface area (Å²) in [5.41, 5.74) is 1.68. The quantitative estimate of drug-likeness (QED) is 0.802. The molecule has 0 radical (unpaired) electrons. The summed E-state index contributed by atoms with van der Waals surface area (Å²) in [7, 11) is 1.47. The lowest BCUT2D eigenvalue weighted by Crippen LogP contribution is -2.24. The standard InChI is InChI=1S/C17H19NO3/c1-21-16-10-9-14(12-15(16)19)17(20)18-11-5-8-13-6-3-2-4-7-13/h2-4,6-7,9-10,12,19H,5,8,11H2,1H3,(H,18,20). The molecule has 0 spiro atoms. The van der Waals surface area contributed by atoms with Gasteiger partial charge in [0, 0.05) is 12.1 Å². The number of aromatic hydroxyl groups is 1. The highest BCUT2D eigenvalue weighted by Gasteiger charge is 2.08. The Morgan fingerprint density at radius 2 is 1.95 bits per heavy atom. The maximum absolute atomic E-state index is 11.9. The Morgan fingerprint density at radius 3 is 2.62 bits per heavy atom. The Kier molecular flexibility index (Phi) is 5.21. The summed E-state index contributed by atoms with van der Waals surface area (Å²) < 4.78 is 4.95. The molecule has 0 heterocycles. The Hall–Kier alpha value is -2.49. The van der Waals surface area contributed by atoms with E-state index in [4.69, 9.17) is 4.74 Å². The Balaban J connectivity index is 1.80. The van der Waals surface area contributed by atoms with Gasteiger partial charge < -0.3 is 15.2 Å². The van der Waals surface area contributed by atoms with Crippen LogP contribution in [0.3, 0.4) is 0 Å². The first-order chi connectivity index (χ1) is 10.2. The molecule has 0 aliphatic rings. The van der Waals surface area contributed by atoms with Crippen molar-refractivity contribution >= 4 is 5.91 Å². The normalized spacial score (nSPS) is 10.1. The van der Waals surface area contributed by atoms with E-state index in [1.807, 2.05) is 18.2 Å². The third kappa shape index (κ3) is 4.24. The number of hydrogen-bond acceptors (Lipinski definition) is 3. The lowest BCUT2D eigenvalue weighted by atomic mass is 10.1. The highest BCUT2D eigenvalue weighted by Crippen LogP contribution is 2.26. The number of phenols is 1. The molecule has 1 amide bonds. The molecule has 2 aromatic rings. The fourth-order valence-corrected chi connectivity index (χ4v) is 2.07. The van der Waals surface area contributed by atoms with Crippen LogP contribution in [0.15, 0.2) is 48.5 Å². The van der Waals surface area contributed by atoms with Gasteiger partial charge in [-0.05, 0) is 36.6 Å². The summed E-state index contributed by atoms with van der Waals surface area (Å²) in [6.07, 6.45) is 1.80. The molecule has 0 fully saturated rings. The number of methoxy groups -OCH3 is 1. The first-order valence-corrected chi connectivity index (χ1v) is 6.90. The van der Waals surface area contributed by atoms with Gasteiger partial charge in [-0.15, -0.1) is 0 Å². The lowest BCUT2D eigenvalue weighted by molar-refractivity contribution is 0.0952. The predicted molar refractivity (Wildman–Crippen MR) is 81.8 cm³/mol. The van der Waals surface area contributed by atoms with E-state index in [0.717, 1.165) is 12.8 Å². The van der Waals surface area contributed by atoms with E-state index >= 15 is 0 Å². The second kappa shape index (κ2) is 7.33. The minimum absolute atomic E-state index is 0.0329. The first-order valence-electron chi connectivity index (χ1n) is 6.90. The molecule has 0 bridgehead atoms. The van der Waals surface area contributed by atoms with E-state index < -0.39 is 0 Å². The SMILES string of the molecule is COc1ccc(C(=O)NCCCc2ccccc2)cc1O. The van der Waals surface area contributed by atoms with Crippen molar-refractivity contribution in [1.29, 1.82) is 0 Å². The summed E-state index contributed by atoms with van der Waals surface area (Å²) in [6, 6.07) is 14.8. The topological polar surface area (TPSA) is 58.6 Å². The third-order valence-electron chi connectivity index (χ3n) is 3.21. The van der Waals surface area contributed by atoms with Crippen molar-refractivity contribution in [1.82, 2.24) is 5.32 Å². The average molecular weight is 285 g/mol. The molecule has 0 aliphatic heterocycles. The molecule has 0 saturated heterocycles.